The molecule has 22 heavy (non-hydrogen) atoms. The van der Waals surface area contributed by atoms with E-state index in [1.54, 1.807) is 24.3 Å². The number of aromatic amines is 1. The molecule has 0 aliphatic heterocycles. The molecule has 0 bridgehead atoms. The normalized spacial score (nSPS) is 11.9. The van der Waals surface area contributed by atoms with Gasteiger partial charge in [-0.3, -0.25) is 0 Å². The van der Waals surface area contributed by atoms with E-state index in [0.717, 1.165) is 9.54 Å². The maximum Gasteiger partial charge on any atom is 0.340 e. The largest absolute Gasteiger partial charge is 0.399 e. The maximum absolute atomic E-state index is 12.6. The third-order valence-electron chi connectivity index (χ3n) is 3.41. The second-order valence-corrected chi connectivity index (χ2v) is 7.03. The Morgan fingerprint density at radius 2 is 1.82 bits per heavy atom. The predicted octanol–water partition coefficient (Wildman–Crippen LogP) is 1.60. The molecule has 1 heterocycles. The molecule has 0 atom stereocenters. The molecule has 0 saturated carbocycles. The number of hydrogen-bond acceptors (Lipinski definition) is 4. The minimum atomic E-state index is -3.84. The minimum absolute atomic E-state index is 0.255. The van der Waals surface area contributed by atoms with Crippen molar-refractivity contribution in [1.29, 1.82) is 0 Å². The van der Waals surface area contributed by atoms with Crippen LogP contribution in [0.3, 0.4) is 0 Å². The van der Waals surface area contributed by atoms with Crippen LogP contribution in [0, 0.1) is 6.92 Å². The van der Waals surface area contributed by atoms with Gasteiger partial charge in [-0.05, 0) is 30.7 Å². The highest BCUT2D eigenvalue weighted by Crippen LogP contribution is 2.18. The van der Waals surface area contributed by atoms with Crippen molar-refractivity contribution < 1.29 is 8.42 Å². The van der Waals surface area contributed by atoms with Gasteiger partial charge in [-0.1, -0.05) is 29.8 Å². The number of hydrogen-bond donors (Lipinski definition) is 2. The SMILES string of the molecule is Cc1ccc(CS(=O)(=O)n2c(=O)[nH]c3ccc(N)cc32)cc1. The lowest BCUT2D eigenvalue weighted by Crippen LogP contribution is -2.26. The Labute approximate surface area is 127 Å². The average Bonchev–Trinajstić information content (AvgIpc) is 2.77. The van der Waals surface area contributed by atoms with Crippen molar-refractivity contribution in [2.75, 3.05) is 5.73 Å². The summed E-state index contributed by atoms with van der Waals surface area (Å²) in [4.78, 5) is 14.6. The molecule has 0 spiro atoms. The summed E-state index contributed by atoms with van der Waals surface area (Å²) in [6.45, 7) is 1.92. The first-order valence-corrected chi connectivity index (χ1v) is 8.27. The number of nitrogens with zero attached hydrogens (tertiary/aromatic N) is 1. The van der Waals surface area contributed by atoms with Crippen molar-refractivity contribution in [3.8, 4) is 0 Å². The molecule has 6 nitrogen and oxygen atoms in total. The van der Waals surface area contributed by atoms with Crippen LogP contribution in [-0.2, 0) is 15.8 Å². The molecule has 3 N–H and O–H groups in total. The average molecular weight is 317 g/mol. The summed E-state index contributed by atoms with van der Waals surface area (Å²) >= 11 is 0. The van der Waals surface area contributed by atoms with Gasteiger partial charge in [-0.25, -0.2) is 13.2 Å². The summed E-state index contributed by atoms with van der Waals surface area (Å²) in [5.74, 6) is -0.255. The number of H-pyrrole nitrogens is 1. The van der Waals surface area contributed by atoms with Crippen molar-refractivity contribution in [3.63, 3.8) is 0 Å². The van der Waals surface area contributed by atoms with Crippen molar-refractivity contribution >= 4 is 26.7 Å². The molecule has 0 fully saturated rings. The van der Waals surface area contributed by atoms with Crippen LogP contribution in [0.1, 0.15) is 11.1 Å². The molecule has 7 heteroatoms. The summed E-state index contributed by atoms with van der Waals surface area (Å²) in [6.07, 6.45) is 0. The van der Waals surface area contributed by atoms with Crippen molar-refractivity contribution in [1.82, 2.24) is 8.96 Å². The van der Waals surface area contributed by atoms with Crippen LogP contribution in [-0.4, -0.2) is 17.4 Å². The molecule has 0 unspecified atom stereocenters. The maximum atomic E-state index is 12.6. The standard InChI is InChI=1S/C15H15N3O3S/c1-10-2-4-11(5-3-10)9-22(20,21)18-14-8-12(16)6-7-13(14)17-15(18)19/h2-8H,9,16H2,1H3,(H,17,19). The Kier molecular flexibility index (Phi) is 3.29. The number of aryl methyl sites for hydroxylation is 1. The Morgan fingerprint density at radius 3 is 2.50 bits per heavy atom. The number of aromatic nitrogens is 2. The van der Waals surface area contributed by atoms with Crippen LogP contribution in [0.15, 0.2) is 47.3 Å². The van der Waals surface area contributed by atoms with Crippen LogP contribution in [0.5, 0.6) is 0 Å². The second-order valence-electron chi connectivity index (χ2n) is 5.21. The number of fused-ring (bicyclic) bond motifs is 1. The zero-order chi connectivity index (χ0) is 15.9. The second kappa shape index (κ2) is 5.03. The van der Waals surface area contributed by atoms with Crippen molar-refractivity contribution in [2.24, 2.45) is 0 Å². The fourth-order valence-corrected chi connectivity index (χ4v) is 3.83. The molecular formula is C15H15N3O3S. The van der Waals surface area contributed by atoms with E-state index in [1.807, 2.05) is 19.1 Å². The van der Waals surface area contributed by atoms with Gasteiger partial charge in [0.15, 0.2) is 0 Å². The zero-order valence-corrected chi connectivity index (χ0v) is 12.7. The van der Waals surface area contributed by atoms with Gasteiger partial charge < -0.3 is 10.7 Å². The molecule has 0 saturated heterocycles. The first-order chi connectivity index (χ1) is 10.4. The molecule has 3 rings (SSSR count). The summed E-state index contributed by atoms with van der Waals surface area (Å²) in [7, 11) is -3.84. The van der Waals surface area contributed by atoms with E-state index >= 15 is 0 Å². The minimum Gasteiger partial charge on any atom is -0.399 e. The van der Waals surface area contributed by atoms with Crippen molar-refractivity contribution in [2.45, 2.75) is 12.7 Å². The van der Waals surface area contributed by atoms with Gasteiger partial charge in [0, 0.05) is 5.69 Å². The molecule has 0 aliphatic carbocycles. The monoisotopic (exact) mass is 317 g/mol. The van der Waals surface area contributed by atoms with E-state index < -0.39 is 15.7 Å². The fourth-order valence-electron chi connectivity index (χ4n) is 2.33. The first kappa shape index (κ1) is 14.4. The molecule has 114 valence electrons. The van der Waals surface area contributed by atoms with E-state index in [2.05, 4.69) is 4.98 Å². The number of rotatable bonds is 3. The van der Waals surface area contributed by atoms with Gasteiger partial charge in [0.2, 0.25) is 10.0 Å². The lowest BCUT2D eigenvalue weighted by molar-refractivity contribution is 0.586. The molecule has 3 aromatic rings. The number of nitrogens with one attached hydrogen (secondary N) is 1. The number of nitrogens with two attached hydrogens (primary N) is 1. The smallest absolute Gasteiger partial charge is 0.340 e. The zero-order valence-electron chi connectivity index (χ0n) is 11.9. The van der Waals surface area contributed by atoms with Gasteiger partial charge >= 0.3 is 5.69 Å². The molecule has 2 aromatic carbocycles. The van der Waals surface area contributed by atoms with Gasteiger partial charge in [0.05, 0.1) is 16.8 Å². The van der Waals surface area contributed by atoms with E-state index in [1.165, 1.54) is 6.07 Å². The van der Waals surface area contributed by atoms with Crippen LogP contribution in [0.2, 0.25) is 0 Å². The highest BCUT2D eigenvalue weighted by molar-refractivity contribution is 7.89. The number of imidazole rings is 1. The lowest BCUT2D eigenvalue weighted by Gasteiger charge is -2.06. The first-order valence-electron chi connectivity index (χ1n) is 6.66. The van der Waals surface area contributed by atoms with Crippen LogP contribution < -0.4 is 11.4 Å². The van der Waals surface area contributed by atoms with Crippen LogP contribution >= 0.6 is 0 Å². The lowest BCUT2D eigenvalue weighted by atomic mass is 10.2. The van der Waals surface area contributed by atoms with E-state index in [9.17, 15) is 13.2 Å². The summed E-state index contributed by atoms with van der Waals surface area (Å²) < 4.78 is 26.0. The summed E-state index contributed by atoms with van der Waals surface area (Å²) in [5.41, 5.74) is 7.76. The Morgan fingerprint density at radius 1 is 1.14 bits per heavy atom. The third kappa shape index (κ3) is 2.50. The quantitative estimate of drug-likeness (QED) is 0.717. The highest BCUT2D eigenvalue weighted by Gasteiger charge is 2.20. The van der Waals surface area contributed by atoms with Gasteiger partial charge in [0.1, 0.15) is 0 Å². The predicted molar refractivity (Wildman–Crippen MR) is 86.2 cm³/mol. The summed E-state index contributed by atoms with van der Waals surface area (Å²) in [6, 6.07) is 11.8. The number of benzene rings is 2. The fraction of sp³-hybridized carbons (Fsp3) is 0.133. The molecule has 0 aliphatic rings. The molecular weight excluding hydrogens is 302 g/mol. The van der Waals surface area contributed by atoms with Gasteiger partial charge in [0.25, 0.3) is 0 Å². The highest BCUT2D eigenvalue weighted by atomic mass is 32.2. The molecule has 1 aromatic heterocycles. The Hall–Kier alpha value is -2.54. The molecule has 0 radical (unpaired) electrons. The van der Waals surface area contributed by atoms with E-state index in [4.69, 9.17) is 5.73 Å². The van der Waals surface area contributed by atoms with Crippen LogP contribution in [0.4, 0.5) is 5.69 Å². The third-order valence-corrected chi connectivity index (χ3v) is 5.03. The number of anilines is 1. The molecule has 0 amide bonds. The number of nitrogen functional groups attached to an aromatic ring is 1. The van der Waals surface area contributed by atoms with Crippen molar-refractivity contribution in [3.05, 3.63) is 64.1 Å². The van der Waals surface area contributed by atoms with Crippen LogP contribution in [0.25, 0.3) is 11.0 Å². The van der Waals surface area contributed by atoms with Gasteiger partial charge in [-0.15, -0.1) is 0 Å². The summed E-state index contributed by atoms with van der Waals surface area (Å²) in [5, 5.41) is 0. The van der Waals surface area contributed by atoms with Gasteiger partial charge in [-0.2, -0.15) is 3.97 Å². The Bertz CT molecular complexity index is 999. The Balaban J connectivity index is 2.13. The van der Waals surface area contributed by atoms with E-state index in [0.29, 0.717) is 16.8 Å². The van der Waals surface area contributed by atoms with E-state index in [-0.39, 0.29) is 11.3 Å². The topological polar surface area (TPSA) is 98.0 Å².